The Morgan fingerprint density at radius 3 is 1.46 bits per heavy atom. The maximum Gasteiger partial charge on any atom is 0.243 e. The number of halogens is 1. The van der Waals surface area contributed by atoms with Crippen LogP contribution >= 0.6 is 11.6 Å². The number of carbonyl (C=O) groups is 4. The smallest absolute Gasteiger partial charge is 0.243 e. The van der Waals surface area contributed by atoms with E-state index in [1.165, 1.54) is 30.4 Å². The van der Waals surface area contributed by atoms with Gasteiger partial charge in [-0.05, 0) is 177 Å². The highest BCUT2D eigenvalue weighted by Gasteiger charge is 2.53. The lowest BCUT2D eigenvalue weighted by Crippen LogP contribution is -2.49. The average molecular weight is 1430 g/mol. The van der Waals surface area contributed by atoms with Gasteiger partial charge < -0.3 is 44.9 Å². The largest absolute Gasteiger partial charge is 0.454 e. The molecule has 0 spiro atoms. The number of rotatable bonds is 17. The molecular weight excluding hydrogens is 1350 g/mol. The van der Waals surface area contributed by atoms with E-state index >= 15 is 0 Å². The summed E-state index contributed by atoms with van der Waals surface area (Å²) in [6, 6.07) is 54.0. The van der Waals surface area contributed by atoms with Crippen molar-refractivity contribution in [2.45, 2.75) is 97.9 Å². The van der Waals surface area contributed by atoms with Crippen molar-refractivity contribution < 1.29 is 64.3 Å². The minimum Gasteiger partial charge on any atom is -0.454 e. The Morgan fingerprint density at radius 2 is 0.980 bits per heavy atom. The normalized spacial score (nSPS) is 16.5. The van der Waals surface area contributed by atoms with E-state index in [0.29, 0.717) is 70.0 Å². The minimum absolute atomic E-state index is 0. The lowest BCUT2D eigenvalue weighted by Gasteiger charge is -2.33. The third kappa shape index (κ3) is 14.6. The van der Waals surface area contributed by atoms with E-state index in [0.717, 1.165) is 102 Å². The van der Waals surface area contributed by atoms with E-state index < -0.39 is 36.3 Å². The monoisotopic (exact) mass is 1430 g/mol. The standard InChI is InChI=1S/C28H28N4O6S.C24H24ClN3O3S.C24H22N2O4.3H2/c1-19(33)31-13-15-32(16-14-31)39(35,36)22-8-5-20(6-9-22)23-3-2-4-26(29-23)30-27(34)28(11-12-28)21-7-10-24-25(17-21)38-18-37-24;1-26-32(30,31)20-13-7-17(8-14-20)21-5-4-6-22(27-21)28-23(29)24(15-2-3-16-24)18-9-11-19(25)12-10-18;1-15-18(19-5-3-2-4-16(19)13-27)7-9-22(25-15)26-23(28)24(10-11-24)17-6-8-20-21(12-17)30-14-29-20;;;/h2-10,17H,11-16,18H2,1H3,(H,29,30,34);4-14,26H,2-3,15-16H2,1H3,(H,27,28,29);2-9,12,27H,10-11,13-14H2,1H3,(H,25,26,28);3*1H. The molecule has 0 atom stereocenters. The van der Waals surface area contributed by atoms with Gasteiger partial charge in [0.1, 0.15) is 17.5 Å². The Morgan fingerprint density at radius 1 is 0.515 bits per heavy atom. The van der Waals surface area contributed by atoms with Crippen LogP contribution in [0.4, 0.5) is 17.5 Å². The molecule has 4 amide bonds. The predicted molar refractivity (Wildman–Crippen MR) is 388 cm³/mol. The van der Waals surface area contributed by atoms with Crippen LogP contribution in [0.5, 0.6) is 23.0 Å². The van der Waals surface area contributed by atoms with Crippen molar-refractivity contribution >= 4 is 72.7 Å². The molecule has 0 bridgehead atoms. The van der Waals surface area contributed by atoms with Gasteiger partial charge in [-0.3, -0.25) is 19.2 Å². The maximum atomic E-state index is 13.4. The Kier molecular flexibility index (Phi) is 19.8. The van der Waals surface area contributed by atoms with Crippen molar-refractivity contribution in [3.8, 4) is 56.6 Å². The van der Waals surface area contributed by atoms with Gasteiger partial charge in [-0.25, -0.2) is 36.5 Å². The molecule has 3 aliphatic carbocycles. The third-order valence-corrected chi connectivity index (χ3v) is 23.1. The number of ether oxygens (including phenoxy) is 4. The zero-order valence-corrected chi connectivity index (χ0v) is 58.1. The summed E-state index contributed by atoms with van der Waals surface area (Å²) in [5, 5.41) is 19.2. The first-order chi connectivity index (χ1) is 48.7. The van der Waals surface area contributed by atoms with Crippen LogP contribution in [0.2, 0.25) is 5.02 Å². The summed E-state index contributed by atoms with van der Waals surface area (Å²) in [5.41, 5.74) is 7.30. The number of carbonyl (C=O) groups excluding carboxylic acids is 4. The van der Waals surface area contributed by atoms with Crippen LogP contribution in [-0.4, -0.2) is 117 Å². The Balaban J connectivity index is 0.000000167. The van der Waals surface area contributed by atoms with E-state index in [2.05, 4.69) is 35.6 Å². The van der Waals surface area contributed by atoms with Gasteiger partial charge in [0, 0.05) is 64.8 Å². The number of anilines is 3. The second-order valence-corrected chi connectivity index (χ2v) is 29.8. The number of benzene rings is 6. The van der Waals surface area contributed by atoms with Gasteiger partial charge in [-0.15, -0.1) is 0 Å². The van der Waals surface area contributed by atoms with Gasteiger partial charge in [0.05, 0.1) is 44.0 Å². The molecule has 6 aliphatic rings. The predicted octanol–water partition coefficient (Wildman–Crippen LogP) is 12.4. The fourth-order valence-corrected chi connectivity index (χ4v) is 15.6. The van der Waals surface area contributed by atoms with E-state index in [1.54, 1.807) is 59.5 Å². The number of sulfonamides is 2. The number of aromatic nitrogens is 3. The molecule has 101 heavy (non-hydrogen) atoms. The molecule has 6 aromatic carbocycles. The fourth-order valence-electron chi connectivity index (χ4n) is 13.3. The second-order valence-electron chi connectivity index (χ2n) is 25.6. The number of nitrogens with zero attached hydrogens (tertiary/aromatic N) is 5. The second kappa shape index (κ2) is 28.9. The lowest BCUT2D eigenvalue weighted by atomic mass is 9.78. The fraction of sp³-hybridized carbons (Fsp3) is 0.276. The number of pyridine rings is 3. The summed E-state index contributed by atoms with van der Waals surface area (Å²) < 4.78 is 75.5. The Labute approximate surface area is 595 Å². The topological polar surface area (TPSA) is 287 Å². The van der Waals surface area contributed by atoms with E-state index in [1.807, 2.05) is 122 Å². The average Bonchev–Trinajstić information content (AvgIpc) is 1.59. The number of aryl methyl sites for hydroxylation is 1. The van der Waals surface area contributed by atoms with Crippen LogP contribution in [-0.2, 0) is 62.1 Å². The van der Waals surface area contributed by atoms with Crippen molar-refractivity contribution in [1.82, 2.24) is 28.9 Å². The first-order valence-electron chi connectivity index (χ1n) is 33.2. The zero-order chi connectivity index (χ0) is 70.7. The SMILES string of the molecule is CC(=O)N1CCN(S(=O)(=O)c2ccc(-c3cccc(NC(=O)C4(c5ccc6c(c5)OCO6)CC4)n3)cc2)CC1.CNS(=O)(=O)c1ccc(-c2cccc(NC(=O)C3(c4ccc(Cl)cc4)CCCC3)n2)cc1.Cc1nc(NC(=O)C2(c3ccc4c(c3)OCO4)CC2)ccc1-c1ccccc1CO.[HH].[HH].[HH]. The zero-order valence-electron chi connectivity index (χ0n) is 55.7. The summed E-state index contributed by atoms with van der Waals surface area (Å²) in [6.07, 6.45) is 6.59. The van der Waals surface area contributed by atoms with Gasteiger partial charge in [-0.2, -0.15) is 4.31 Å². The number of nitrogens with one attached hydrogen (secondary N) is 4. The van der Waals surface area contributed by atoms with Crippen LogP contribution in [0.15, 0.2) is 192 Å². The first kappa shape index (κ1) is 69.4. The first-order valence-corrected chi connectivity index (χ1v) is 36.5. The molecule has 3 saturated carbocycles. The highest BCUT2D eigenvalue weighted by Crippen LogP contribution is 2.53. The molecule has 3 aromatic heterocycles. The number of hydrogen-bond acceptors (Lipinski definition) is 16. The van der Waals surface area contributed by atoms with Gasteiger partial charge in [-0.1, -0.05) is 109 Å². The highest BCUT2D eigenvalue weighted by atomic mass is 35.5. The van der Waals surface area contributed by atoms with E-state index in [4.69, 9.17) is 30.5 Å². The number of fused-ring (bicyclic) bond motifs is 2. The molecule has 6 heterocycles. The number of piperazine rings is 1. The summed E-state index contributed by atoms with van der Waals surface area (Å²) >= 11 is 6.04. The molecule has 4 fully saturated rings. The number of aliphatic hydroxyl groups excluding tert-OH is 1. The summed E-state index contributed by atoms with van der Waals surface area (Å²) in [7, 11) is -5.80. The molecule has 5 N–H and O–H groups in total. The van der Waals surface area contributed by atoms with Crippen LogP contribution in [0, 0.1) is 6.92 Å². The third-order valence-electron chi connectivity index (χ3n) is 19.5. The lowest BCUT2D eigenvalue weighted by molar-refractivity contribution is -0.130. The van der Waals surface area contributed by atoms with Crippen LogP contribution in [0.3, 0.4) is 0 Å². The molecule has 0 radical (unpaired) electrons. The molecule has 22 nitrogen and oxygen atoms in total. The van der Waals surface area contributed by atoms with Gasteiger partial charge >= 0.3 is 0 Å². The van der Waals surface area contributed by atoms with Gasteiger partial charge in [0.25, 0.3) is 0 Å². The van der Waals surface area contributed by atoms with Gasteiger partial charge in [0.15, 0.2) is 23.0 Å². The van der Waals surface area contributed by atoms with Crippen molar-refractivity contribution in [1.29, 1.82) is 0 Å². The Hall–Kier alpha value is -10.1. The molecule has 25 heteroatoms. The van der Waals surface area contributed by atoms with Crippen LogP contribution in [0.25, 0.3) is 33.6 Å². The van der Waals surface area contributed by atoms with Crippen molar-refractivity contribution in [3.63, 3.8) is 0 Å². The summed E-state index contributed by atoms with van der Waals surface area (Å²) in [4.78, 5) is 67.2. The number of hydrogen-bond donors (Lipinski definition) is 5. The van der Waals surface area contributed by atoms with E-state index in [-0.39, 0.29) is 71.0 Å². The molecule has 9 aromatic rings. The molecule has 0 unspecified atom stereocenters. The molecule has 526 valence electrons. The molecule has 1 saturated heterocycles. The van der Waals surface area contributed by atoms with Crippen molar-refractivity contribution in [2.75, 3.05) is 62.8 Å². The van der Waals surface area contributed by atoms with Crippen molar-refractivity contribution in [3.05, 3.63) is 215 Å². The highest BCUT2D eigenvalue weighted by molar-refractivity contribution is 7.89. The Bertz CT molecular complexity index is 4890. The molecule has 15 rings (SSSR count). The summed E-state index contributed by atoms with van der Waals surface area (Å²) in [5.74, 6) is 3.82. The minimum atomic E-state index is -3.67. The van der Waals surface area contributed by atoms with Crippen molar-refractivity contribution in [2.24, 2.45) is 0 Å². The summed E-state index contributed by atoms with van der Waals surface area (Å²) in [6.45, 7) is 5.04. The van der Waals surface area contributed by atoms with Gasteiger partial charge in [0.2, 0.25) is 57.3 Å². The maximum absolute atomic E-state index is 13.4. The number of amides is 4. The molecular formula is C76H80ClN9O13S2. The number of aliphatic hydroxyl groups is 1. The molecule has 3 aliphatic heterocycles. The van der Waals surface area contributed by atoms with Crippen LogP contribution in [0.1, 0.15) is 90.5 Å². The van der Waals surface area contributed by atoms with Crippen LogP contribution < -0.4 is 39.6 Å². The quantitative estimate of drug-likeness (QED) is 0.0566. The van der Waals surface area contributed by atoms with E-state index in [9.17, 15) is 41.1 Å².